The van der Waals surface area contributed by atoms with Crippen LogP contribution in [0.1, 0.15) is 28.6 Å². The molecule has 0 aliphatic carbocycles. The summed E-state index contributed by atoms with van der Waals surface area (Å²) in [6, 6.07) is 2.28. The number of aromatic nitrogens is 1. The van der Waals surface area contributed by atoms with Crippen molar-refractivity contribution in [1.29, 1.82) is 0 Å². The Labute approximate surface area is 128 Å². The van der Waals surface area contributed by atoms with Gasteiger partial charge in [0.25, 0.3) is 0 Å². The molecule has 1 atom stereocenters. The predicted molar refractivity (Wildman–Crippen MR) is 83.4 cm³/mol. The zero-order valence-electron chi connectivity index (χ0n) is 12.8. The van der Waals surface area contributed by atoms with Gasteiger partial charge in [-0.15, -0.1) is 0 Å². The average Bonchev–Trinajstić information content (AvgIpc) is 3.04. The number of amides is 1. The van der Waals surface area contributed by atoms with Gasteiger partial charge in [-0.25, -0.2) is 0 Å². The van der Waals surface area contributed by atoms with Crippen LogP contribution in [0, 0.1) is 13.8 Å². The molecule has 21 heavy (non-hydrogen) atoms. The van der Waals surface area contributed by atoms with E-state index in [0.29, 0.717) is 18.7 Å². The lowest BCUT2D eigenvalue weighted by Crippen LogP contribution is -2.35. The molecule has 0 bridgehead atoms. The molecule has 0 aliphatic rings. The number of thiophene rings is 1. The Morgan fingerprint density at radius 2 is 2.24 bits per heavy atom. The minimum atomic E-state index is -0.00789. The Bertz CT molecular complexity index is 571. The Morgan fingerprint density at radius 3 is 2.76 bits per heavy atom. The molecule has 114 valence electrons. The van der Waals surface area contributed by atoms with Crippen molar-refractivity contribution in [3.8, 4) is 0 Å². The van der Waals surface area contributed by atoms with Crippen LogP contribution < -0.4 is 5.32 Å². The summed E-state index contributed by atoms with van der Waals surface area (Å²) in [6.45, 7) is 4.27. The van der Waals surface area contributed by atoms with Gasteiger partial charge in [-0.05, 0) is 50.3 Å². The smallest absolute Gasteiger partial charge is 0.224 e. The number of nitrogens with one attached hydrogen (secondary N) is 1. The van der Waals surface area contributed by atoms with E-state index in [2.05, 4.69) is 32.2 Å². The molecule has 0 radical (unpaired) electrons. The molecule has 0 aromatic carbocycles. The Balaban J connectivity index is 1.94. The molecule has 0 saturated heterocycles. The SMILES string of the molecule is Cc1noc(C)c1CC(=O)NC[C@@H](c1ccsc1)N(C)C. The number of hydrogen-bond donors (Lipinski definition) is 1. The highest BCUT2D eigenvalue weighted by Crippen LogP contribution is 2.20. The number of carbonyl (C=O) groups is 1. The summed E-state index contributed by atoms with van der Waals surface area (Å²) in [6.07, 6.45) is 0.310. The first-order valence-electron chi connectivity index (χ1n) is 6.86. The number of likely N-dealkylation sites (N-methyl/N-ethyl adjacent to an activating group) is 1. The maximum Gasteiger partial charge on any atom is 0.224 e. The maximum atomic E-state index is 12.1. The second-order valence-electron chi connectivity index (χ2n) is 5.32. The molecule has 2 rings (SSSR count). The molecule has 2 aromatic rings. The van der Waals surface area contributed by atoms with Crippen molar-refractivity contribution in [2.45, 2.75) is 26.3 Å². The van der Waals surface area contributed by atoms with Gasteiger partial charge in [-0.2, -0.15) is 11.3 Å². The monoisotopic (exact) mass is 307 g/mol. The third-order valence-electron chi connectivity index (χ3n) is 3.56. The summed E-state index contributed by atoms with van der Waals surface area (Å²) < 4.78 is 5.08. The van der Waals surface area contributed by atoms with Gasteiger partial charge in [0.2, 0.25) is 5.91 Å². The van der Waals surface area contributed by atoms with Crippen molar-refractivity contribution in [3.05, 3.63) is 39.4 Å². The summed E-state index contributed by atoms with van der Waals surface area (Å²) in [4.78, 5) is 14.2. The van der Waals surface area contributed by atoms with Crippen LogP contribution in [0.25, 0.3) is 0 Å². The second-order valence-corrected chi connectivity index (χ2v) is 6.10. The quantitative estimate of drug-likeness (QED) is 0.890. The summed E-state index contributed by atoms with van der Waals surface area (Å²) in [5, 5.41) is 11.0. The van der Waals surface area contributed by atoms with Crippen LogP contribution in [0.3, 0.4) is 0 Å². The number of hydrogen-bond acceptors (Lipinski definition) is 5. The molecule has 6 heteroatoms. The lowest BCUT2D eigenvalue weighted by molar-refractivity contribution is -0.120. The van der Waals surface area contributed by atoms with E-state index in [1.54, 1.807) is 11.3 Å². The average molecular weight is 307 g/mol. The van der Waals surface area contributed by atoms with Crippen LogP contribution in [0.4, 0.5) is 0 Å². The fraction of sp³-hybridized carbons (Fsp3) is 0.467. The number of nitrogens with zero attached hydrogens (tertiary/aromatic N) is 2. The summed E-state index contributed by atoms with van der Waals surface area (Å²) in [5.41, 5.74) is 2.89. The van der Waals surface area contributed by atoms with Crippen LogP contribution in [-0.2, 0) is 11.2 Å². The van der Waals surface area contributed by atoms with E-state index in [4.69, 9.17) is 4.52 Å². The van der Waals surface area contributed by atoms with Gasteiger partial charge in [-0.3, -0.25) is 4.79 Å². The van der Waals surface area contributed by atoms with Crippen LogP contribution in [-0.4, -0.2) is 36.6 Å². The van der Waals surface area contributed by atoms with E-state index < -0.39 is 0 Å². The van der Waals surface area contributed by atoms with E-state index >= 15 is 0 Å². The highest BCUT2D eigenvalue weighted by atomic mass is 32.1. The molecular weight excluding hydrogens is 286 g/mol. The lowest BCUT2D eigenvalue weighted by atomic mass is 10.1. The molecule has 0 unspecified atom stereocenters. The number of rotatable bonds is 6. The van der Waals surface area contributed by atoms with Crippen LogP contribution in [0.5, 0.6) is 0 Å². The summed E-state index contributed by atoms with van der Waals surface area (Å²) in [5.74, 6) is 0.705. The normalized spacial score (nSPS) is 12.6. The standard InChI is InChI=1S/C15H21N3O2S/c1-10-13(11(2)20-17-10)7-15(19)16-8-14(18(3)4)12-5-6-21-9-12/h5-6,9,14H,7-8H2,1-4H3,(H,16,19)/t14-/m0/s1. The molecule has 0 saturated carbocycles. The Hall–Kier alpha value is -1.66. The number of aryl methyl sites for hydroxylation is 2. The zero-order valence-corrected chi connectivity index (χ0v) is 13.7. The predicted octanol–water partition coefficient (Wildman–Crippen LogP) is 2.31. The minimum Gasteiger partial charge on any atom is -0.361 e. The van der Waals surface area contributed by atoms with E-state index in [-0.39, 0.29) is 11.9 Å². The van der Waals surface area contributed by atoms with Crippen LogP contribution >= 0.6 is 11.3 Å². The van der Waals surface area contributed by atoms with E-state index in [0.717, 1.165) is 11.3 Å². The third-order valence-corrected chi connectivity index (χ3v) is 4.26. The summed E-state index contributed by atoms with van der Waals surface area (Å²) >= 11 is 1.67. The van der Waals surface area contributed by atoms with Gasteiger partial charge in [0.1, 0.15) is 5.76 Å². The minimum absolute atomic E-state index is 0.00789. The van der Waals surface area contributed by atoms with Crippen molar-refractivity contribution in [2.75, 3.05) is 20.6 Å². The molecular formula is C15H21N3O2S. The maximum absolute atomic E-state index is 12.1. The molecule has 1 amide bonds. The van der Waals surface area contributed by atoms with E-state index in [9.17, 15) is 4.79 Å². The number of carbonyl (C=O) groups excluding carboxylic acids is 1. The molecule has 2 aromatic heterocycles. The van der Waals surface area contributed by atoms with Gasteiger partial charge < -0.3 is 14.7 Å². The first-order chi connectivity index (χ1) is 9.99. The van der Waals surface area contributed by atoms with Crippen molar-refractivity contribution in [2.24, 2.45) is 0 Å². The first-order valence-corrected chi connectivity index (χ1v) is 7.80. The molecule has 5 nitrogen and oxygen atoms in total. The Kier molecular flexibility index (Phi) is 5.14. The van der Waals surface area contributed by atoms with Gasteiger partial charge in [0.05, 0.1) is 18.2 Å². The topological polar surface area (TPSA) is 58.4 Å². The van der Waals surface area contributed by atoms with Crippen molar-refractivity contribution in [1.82, 2.24) is 15.4 Å². The second kappa shape index (κ2) is 6.87. The largest absolute Gasteiger partial charge is 0.361 e. The van der Waals surface area contributed by atoms with Gasteiger partial charge in [-0.1, -0.05) is 5.16 Å². The van der Waals surface area contributed by atoms with Gasteiger partial charge in [0.15, 0.2) is 0 Å². The third kappa shape index (κ3) is 3.92. The van der Waals surface area contributed by atoms with Crippen molar-refractivity contribution >= 4 is 17.2 Å². The van der Waals surface area contributed by atoms with Crippen LogP contribution in [0.2, 0.25) is 0 Å². The Morgan fingerprint density at radius 1 is 1.48 bits per heavy atom. The first kappa shape index (κ1) is 15.7. The van der Waals surface area contributed by atoms with Crippen molar-refractivity contribution in [3.63, 3.8) is 0 Å². The highest BCUT2D eigenvalue weighted by molar-refractivity contribution is 7.07. The molecule has 0 fully saturated rings. The fourth-order valence-electron chi connectivity index (χ4n) is 2.25. The van der Waals surface area contributed by atoms with E-state index in [1.165, 1.54) is 5.56 Å². The molecule has 2 heterocycles. The molecule has 0 aliphatic heterocycles. The molecule has 1 N–H and O–H groups in total. The van der Waals surface area contributed by atoms with Crippen molar-refractivity contribution < 1.29 is 9.32 Å². The molecule has 0 spiro atoms. The van der Waals surface area contributed by atoms with Gasteiger partial charge >= 0.3 is 0 Å². The van der Waals surface area contributed by atoms with Crippen LogP contribution in [0.15, 0.2) is 21.3 Å². The highest BCUT2D eigenvalue weighted by Gasteiger charge is 2.17. The summed E-state index contributed by atoms with van der Waals surface area (Å²) in [7, 11) is 4.03. The fourth-order valence-corrected chi connectivity index (χ4v) is 2.96. The van der Waals surface area contributed by atoms with Gasteiger partial charge in [0, 0.05) is 12.1 Å². The zero-order chi connectivity index (χ0) is 15.4. The van der Waals surface area contributed by atoms with E-state index in [1.807, 2.05) is 27.9 Å². The lowest BCUT2D eigenvalue weighted by Gasteiger charge is -2.24.